The molecular formula is C15H19FN2. The lowest BCUT2D eigenvalue weighted by atomic mass is 9.85. The monoisotopic (exact) mass is 246 g/mol. The van der Waals surface area contributed by atoms with Crippen molar-refractivity contribution in [2.24, 2.45) is 5.92 Å². The van der Waals surface area contributed by atoms with E-state index in [4.69, 9.17) is 5.26 Å². The van der Waals surface area contributed by atoms with Crippen LogP contribution in [0.25, 0.3) is 0 Å². The molecular weight excluding hydrogens is 227 g/mol. The van der Waals surface area contributed by atoms with Crippen molar-refractivity contribution in [2.75, 3.05) is 6.54 Å². The van der Waals surface area contributed by atoms with Gasteiger partial charge in [0.25, 0.3) is 0 Å². The Bertz CT molecular complexity index is 425. The minimum Gasteiger partial charge on any atom is -0.312 e. The summed E-state index contributed by atoms with van der Waals surface area (Å²) in [7, 11) is 0. The predicted molar refractivity (Wildman–Crippen MR) is 69.5 cm³/mol. The lowest BCUT2D eigenvalue weighted by Gasteiger charge is -2.27. The fourth-order valence-electron chi connectivity index (χ4n) is 2.62. The van der Waals surface area contributed by atoms with Gasteiger partial charge in [0.15, 0.2) is 0 Å². The summed E-state index contributed by atoms with van der Waals surface area (Å²) in [6.07, 6.45) is 5.09. The van der Waals surface area contributed by atoms with Crippen molar-refractivity contribution in [1.29, 1.82) is 5.26 Å². The maximum Gasteiger partial charge on any atom is 0.126 e. The molecule has 0 bridgehead atoms. The van der Waals surface area contributed by atoms with Crippen molar-refractivity contribution < 1.29 is 4.39 Å². The quantitative estimate of drug-likeness (QED) is 0.886. The van der Waals surface area contributed by atoms with Crippen LogP contribution >= 0.6 is 0 Å². The van der Waals surface area contributed by atoms with Crippen molar-refractivity contribution in [3.05, 3.63) is 35.6 Å². The van der Waals surface area contributed by atoms with Gasteiger partial charge in [0.2, 0.25) is 0 Å². The molecule has 0 aliphatic heterocycles. The molecule has 2 atom stereocenters. The molecule has 0 heterocycles. The van der Waals surface area contributed by atoms with E-state index in [9.17, 15) is 4.39 Å². The van der Waals surface area contributed by atoms with Crippen LogP contribution in [0.15, 0.2) is 24.3 Å². The first-order valence-corrected chi connectivity index (χ1v) is 6.67. The third-order valence-corrected chi connectivity index (χ3v) is 3.69. The fraction of sp³-hybridized carbons (Fsp3) is 0.533. The molecule has 1 aliphatic carbocycles. The van der Waals surface area contributed by atoms with Crippen molar-refractivity contribution >= 4 is 0 Å². The summed E-state index contributed by atoms with van der Waals surface area (Å²) in [4.78, 5) is 0. The molecule has 1 aromatic rings. The van der Waals surface area contributed by atoms with Gasteiger partial charge < -0.3 is 5.32 Å². The minimum absolute atomic E-state index is 0.124. The molecule has 1 saturated carbocycles. The second kappa shape index (κ2) is 6.51. The summed E-state index contributed by atoms with van der Waals surface area (Å²) in [5.41, 5.74) is 0.745. The number of nitrogens with one attached hydrogen (secondary N) is 1. The zero-order chi connectivity index (χ0) is 12.8. The van der Waals surface area contributed by atoms with Crippen molar-refractivity contribution in [2.45, 2.75) is 38.1 Å². The zero-order valence-corrected chi connectivity index (χ0v) is 10.5. The molecule has 2 nitrogen and oxygen atoms in total. The second-order valence-electron chi connectivity index (χ2n) is 4.92. The van der Waals surface area contributed by atoms with Gasteiger partial charge in [0, 0.05) is 6.04 Å². The Morgan fingerprint density at radius 3 is 2.83 bits per heavy atom. The van der Waals surface area contributed by atoms with E-state index in [1.807, 2.05) is 12.1 Å². The molecule has 2 rings (SSSR count). The number of hydrogen-bond donors (Lipinski definition) is 1. The molecule has 96 valence electrons. The van der Waals surface area contributed by atoms with Crippen LogP contribution in [0.5, 0.6) is 0 Å². The second-order valence-corrected chi connectivity index (χ2v) is 4.92. The van der Waals surface area contributed by atoms with Crippen LogP contribution in [-0.2, 0) is 6.42 Å². The van der Waals surface area contributed by atoms with E-state index in [2.05, 4.69) is 11.4 Å². The van der Waals surface area contributed by atoms with E-state index in [1.165, 1.54) is 12.5 Å². The first-order chi connectivity index (χ1) is 8.81. The van der Waals surface area contributed by atoms with Gasteiger partial charge in [-0.2, -0.15) is 5.26 Å². The standard InChI is InChI=1S/C15H19FN2/c16-14-7-3-1-5-12(14)9-10-18-15-8-4-2-6-13(15)11-17/h1,3,5,7,13,15,18H,2,4,6,8-10H2. The first-order valence-electron chi connectivity index (χ1n) is 6.67. The highest BCUT2D eigenvalue weighted by Gasteiger charge is 2.23. The highest BCUT2D eigenvalue weighted by molar-refractivity contribution is 5.17. The molecule has 1 fully saturated rings. The van der Waals surface area contributed by atoms with Gasteiger partial charge in [0.05, 0.1) is 12.0 Å². The average molecular weight is 246 g/mol. The number of nitrogens with zero attached hydrogens (tertiary/aromatic N) is 1. The molecule has 0 spiro atoms. The van der Waals surface area contributed by atoms with Gasteiger partial charge in [-0.05, 0) is 37.4 Å². The number of hydrogen-bond acceptors (Lipinski definition) is 2. The van der Waals surface area contributed by atoms with Crippen LogP contribution in [0.1, 0.15) is 31.2 Å². The minimum atomic E-state index is -0.139. The average Bonchev–Trinajstić information content (AvgIpc) is 2.41. The molecule has 18 heavy (non-hydrogen) atoms. The lowest BCUT2D eigenvalue weighted by molar-refractivity contribution is 0.314. The summed E-state index contributed by atoms with van der Waals surface area (Å²) >= 11 is 0. The van der Waals surface area contributed by atoms with E-state index in [-0.39, 0.29) is 17.8 Å². The Morgan fingerprint density at radius 1 is 1.28 bits per heavy atom. The van der Waals surface area contributed by atoms with E-state index >= 15 is 0 Å². The number of nitriles is 1. The largest absolute Gasteiger partial charge is 0.312 e. The highest BCUT2D eigenvalue weighted by atomic mass is 19.1. The van der Waals surface area contributed by atoms with Crippen LogP contribution in [0.2, 0.25) is 0 Å². The maximum absolute atomic E-state index is 13.4. The fourth-order valence-corrected chi connectivity index (χ4v) is 2.62. The Hall–Kier alpha value is -1.40. The molecule has 1 N–H and O–H groups in total. The smallest absolute Gasteiger partial charge is 0.126 e. The van der Waals surface area contributed by atoms with E-state index in [0.29, 0.717) is 6.42 Å². The Labute approximate surface area is 108 Å². The predicted octanol–water partition coefficient (Wildman–Crippen LogP) is 3.04. The summed E-state index contributed by atoms with van der Waals surface area (Å²) < 4.78 is 13.4. The molecule has 1 aliphatic rings. The Morgan fingerprint density at radius 2 is 2.06 bits per heavy atom. The third kappa shape index (κ3) is 3.30. The van der Waals surface area contributed by atoms with Crippen LogP contribution in [-0.4, -0.2) is 12.6 Å². The number of rotatable bonds is 4. The van der Waals surface area contributed by atoms with E-state index in [1.54, 1.807) is 6.07 Å². The van der Waals surface area contributed by atoms with Crippen molar-refractivity contribution in [3.8, 4) is 6.07 Å². The lowest BCUT2D eigenvalue weighted by Crippen LogP contribution is -2.39. The normalized spacial score (nSPS) is 23.6. The van der Waals surface area contributed by atoms with Gasteiger partial charge in [-0.1, -0.05) is 31.0 Å². The Kier molecular flexibility index (Phi) is 4.72. The van der Waals surface area contributed by atoms with Gasteiger partial charge in [-0.15, -0.1) is 0 Å². The van der Waals surface area contributed by atoms with Gasteiger partial charge in [-0.25, -0.2) is 4.39 Å². The SMILES string of the molecule is N#CC1CCCCC1NCCc1ccccc1F. The van der Waals surface area contributed by atoms with Crippen LogP contribution in [0.3, 0.4) is 0 Å². The zero-order valence-electron chi connectivity index (χ0n) is 10.5. The van der Waals surface area contributed by atoms with Crippen LogP contribution < -0.4 is 5.32 Å². The third-order valence-electron chi connectivity index (χ3n) is 3.69. The number of benzene rings is 1. The number of halogens is 1. The molecule has 2 unspecified atom stereocenters. The summed E-state index contributed by atoms with van der Waals surface area (Å²) in [5, 5.41) is 12.5. The topological polar surface area (TPSA) is 35.8 Å². The molecule has 0 radical (unpaired) electrons. The summed E-state index contributed by atoms with van der Waals surface area (Å²) in [5.74, 6) is -0.0147. The molecule has 1 aromatic carbocycles. The van der Waals surface area contributed by atoms with Gasteiger partial charge >= 0.3 is 0 Å². The van der Waals surface area contributed by atoms with Gasteiger partial charge in [-0.3, -0.25) is 0 Å². The van der Waals surface area contributed by atoms with Crippen molar-refractivity contribution in [3.63, 3.8) is 0 Å². The summed E-state index contributed by atoms with van der Waals surface area (Å²) in [6.45, 7) is 0.740. The van der Waals surface area contributed by atoms with Gasteiger partial charge in [0.1, 0.15) is 5.82 Å². The van der Waals surface area contributed by atoms with E-state index < -0.39 is 0 Å². The van der Waals surface area contributed by atoms with Crippen LogP contribution in [0, 0.1) is 23.1 Å². The van der Waals surface area contributed by atoms with Crippen LogP contribution in [0.4, 0.5) is 4.39 Å². The molecule has 0 amide bonds. The highest BCUT2D eigenvalue weighted by Crippen LogP contribution is 2.23. The maximum atomic E-state index is 13.4. The Balaban J connectivity index is 1.81. The molecule has 0 saturated heterocycles. The molecule has 3 heteroatoms. The van der Waals surface area contributed by atoms with Crippen molar-refractivity contribution in [1.82, 2.24) is 5.32 Å². The van der Waals surface area contributed by atoms with E-state index in [0.717, 1.165) is 31.4 Å². The summed E-state index contributed by atoms with van der Waals surface area (Å²) in [6, 6.07) is 9.54. The molecule has 0 aromatic heterocycles. The first kappa shape index (κ1) is 13.0.